The van der Waals surface area contributed by atoms with E-state index in [4.69, 9.17) is 5.73 Å². The van der Waals surface area contributed by atoms with E-state index in [0.29, 0.717) is 16.3 Å². The van der Waals surface area contributed by atoms with Gasteiger partial charge >= 0.3 is 6.03 Å². The second-order valence-electron chi connectivity index (χ2n) is 5.77. The number of nitriles is 1. The molecule has 0 saturated heterocycles. The van der Waals surface area contributed by atoms with Gasteiger partial charge in [0, 0.05) is 16.1 Å². The number of carbonyl (C=O) groups is 2. The van der Waals surface area contributed by atoms with E-state index < -0.39 is 23.1 Å². The van der Waals surface area contributed by atoms with Gasteiger partial charge in [0.15, 0.2) is 0 Å². The smallest absolute Gasteiger partial charge is 0.325 e. The molecule has 0 saturated carbocycles. The van der Waals surface area contributed by atoms with Crippen molar-refractivity contribution in [3.8, 4) is 6.07 Å². The highest BCUT2D eigenvalue weighted by Crippen LogP contribution is 2.45. The number of imide groups is 1. The number of thioether (sulfide) groups is 1. The van der Waals surface area contributed by atoms with E-state index in [9.17, 15) is 14.9 Å². The molecule has 6 nitrogen and oxygen atoms in total. The molecule has 0 bridgehead atoms. The molecule has 0 unspecified atom stereocenters. The number of urea groups is 1. The van der Waals surface area contributed by atoms with E-state index in [-0.39, 0.29) is 0 Å². The molecule has 136 valence electrons. The summed E-state index contributed by atoms with van der Waals surface area (Å²) < 4.78 is 0.885. The maximum absolute atomic E-state index is 12.7. The number of nitrogens with two attached hydrogens (primary N) is 1. The highest BCUT2D eigenvalue weighted by Gasteiger charge is 2.41. The van der Waals surface area contributed by atoms with Crippen molar-refractivity contribution in [3.63, 3.8) is 0 Å². The fourth-order valence-electron chi connectivity index (χ4n) is 2.78. The quantitative estimate of drug-likeness (QED) is 0.671. The summed E-state index contributed by atoms with van der Waals surface area (Å²) >= 11 is 4.46. The number of hydrogen-bond donors (Lipinski definition) is 3. The first-order chi connectivity index (χ1) is 13.0. The van der Waals surface area contributed by atoms with Crippen LogP contribution in [0.5, 0.6) is 0 Å². The van der Waals surface area contributed by atoms with Crippen molar-refractivity contribution in [2.45, 2.75) is 11.2 Å². The molecule has 0 spiro atoms. The van der Waals surface area contributed by atoms with Crippen LogP contribution in [-0.2, 0) is 4.79 Å². The van der Waals surface area contributed by atoms with Gasteiger partial charge in [0.25, 0.3) is 0 Å². The van der Waals surface area contributed by atoms with Crippen molar-refractivity contribution in [2.75, 3.05) is 5.32 Å². The lowest BCUT2D eigenvalue weighted by Gasteiger charge is -2.19. The van der Waals surface area contributed by atoms with Crippen molar-refractivity contribution >= 4 is 45.3 Å². The third-order valence-electron chi connectivity index (χ3n) is 4.01. The number of rotatable bonds is 3. The topological polar surface area (TPSA) is 108 Å². The first kappa shape index (κ1) is 19.0. The van der Waals surface area contributed by atoms with E-state index in [2.05, 4.69) is 32.6 Å². The molecular weight excluding hydrogens is 428 g/mol. The minimum Gasteiger partial charge on any atom is -0.393 e. The summed E-state index contributed by atoms with van der Waals surface area (Å²) in [6, 6.07) is 17.6. The maximum Gasteiger partial charge on any atom is 0.325 e. The van der Waals surface area contributed by atoms with Gasteiger partial charge in [-0.15, -0.1) is 0 Å². The Morgan fingerprint density at radius 3 is 2.41 bits per heavy atom. The number of nitrogens with one attached hydrogen (secondary N) is 2. The second kappa shape index (κ2) is 8.29. The molecule has 8 heteroatoms. The Hall–Kier alpha value is -2.76. The fourth-order valence-corrected chi connectivity index (χ4v) is 4.21. The Morgan fingerprint density at radius 1 is 1.11 bits per heavy atom. The molecule has 0 fully saturated rings. The number of benzene rings is 2. The van der Waals surface area contributed by atoms with Crippen LogP contribution in [0.2, 0.25) is 0 Å². The zero-order valence-electron chi connectivity index (χ0n) is 14.0. The number of carbonyl (C=O) groups excluding carboxylic acids is 2. The lowest BCUT2D eigenvalue weighted by molar-refractivity contribution is -0.119. The SMILES string of the molecule is N#CC1=C(N)S[C@@H](C(=O)NC(=O)Nc2ccccc2)[C@@H]1c1ccc(Br)cc1. The van der Waals surface area contributed by atoms with E-state index in [1.54, 1.807) is 24.3 Å². The van der Waals surface area contributed by atoms with Gasteiger partial charge in [0.1, 0.15) is 5.25 Å². The van der Waals surface area contributed by atoms with Crippen molar-refractivity contribution in [1.82, 2.24) is 5.32 Å². The Bertz CT molecular complexity index is 938. The molecular formula is C19H15BrN4O2S. The second-order valence-corrected chi connectivity index (χ2v) is 7.87. The number of hydrogen-bond acceptors (Lipinski definition) is 5. The maximum atomic E-state index is 12.7. The molecule has 0 radical (unpaired) electrons. The van der Waals surface area contributed by atoms with Crippen LogP contribution < -0.4 is 16.4 Å². The Morgan fingerprint density at radius 2 is 1.78 bits per heavy atom. The van der Waals surface area contributed by atoms with Crippen LogP contribution in [-0.4, -0.2) is 17.2 Å². The first-order valence-electron chi connectivity index (χ1n) is 7.98. The number of halogens is 1. The minimum atomic E-state index is -0.706. The molecule has 1 aliphatic rings. The van der Waals surface area contributed by atoms with Gasteiger partial charge in [-0.3, -0.25) is 10.1 Å². The van der Waals surface area contributed by atoms with E-state index in [0.717, 1.165) is 21.8 Å². The monoisotopic (exact) mass is 442 g/mol. The molecule has 0 aliphatic carbocycles. The molecule has 2 atom stereocenters. The van der Waals surface area contributed by atoms with Gasteiger partial charge in [-0.05, 0) is 29.8 Å². The molecule has 1 aliphatic heterocycles. The molecule has 2 aromatic carbocycles. The molecule has 27 heavy (non-hydrogen) atoms. The van der Waals surface area contributed by atoms with Gasteiger partial charge in [-0.2, -0.15) is 5.26 Å². The predicted octanol–water partition coefficient (Wildman–Crippen LogP) is 3.69. The summed E-state index contributed by atoms with van der Waals surface area (Å²) in [4.78, 5) is 24.8. The van der Waals surface area contributed by atoms with E-state index in [1.165, 1.54) is 0 Å². The summed E-state index contributed by atoms with van der Waals surface area (Å²) in [6.45, 7) is 0. The number of nitrogens with zero attached hydrogens (tertiary/aromatic N) is 1. The summed E-state index contributed by atoms with van der Waals surface area (Å²) in [7, 11) is 0. The van der Waals surface area contributed by atoms with Crippen LogP contribution >= 0.6 is 27.7 Å². The van der Waals surface area contributed by atoms with Gasteiger partial charge in [0.2, 0.25) is 5.91 Å². The highest BCUT2D eigenvalue weighted by molar-refractivity contribution is 9.10. The van der Waals surface area contributed by atoms with Crippen molar-refractivity contribution in [1.29, 1.82) is 5.26 Å². The molecule has 3 rings (SSSR count). The summed E-state index contributed by atoms with van der Waals surface area (Å²) in [5, 5.41) is 14.0. The summed E-state index contributed by atoms with van der Waals surface area (Å²) in [6.07, 6.45) is 0. The number of anilines is 1. The minimum absolute atomic E-state index is 0.300. The van der Waals surface area contributed by atoms with E-state index >= 15 is 0 Å². The standard InChI is InChI=1S/C19H15BrN4O2S/c20-12-8-6-11(7-9-12)15-14(10-21)17(22)27-16(15)18(25)24-19(26)23-13-4-2-1-3-5-13/h1-9,15-16H,22H2,(H2,23,24,25,26)/t15-,16-/m1/s1. The van der Waals surface area contributed by atoms with Crippen molar-refractivity contribution < 1.29 is 9.59 Å². The largest absolute Gasteiger partial charge is 0.393 e. The number of para-hydroxylation sites is 1. The van der Waals surface area contributed by atoms with Crippen LogP contribution in [0.25, 0.3) is 0 Å². The third-order valence-corrected chi connectivity index (χ3v) is 5.75. The van der Waals surface area contributed by atoms with Gasteiger partial charge in [-0.25, -0.2) is 4.79 Å². The van der Waals surface area contributed by atoms with Gasteiger partial charge in [0.05, 0.1) is 16.7 Å². The summed E-state index contributed by atoms with van der Waals surface area (Å²) in [5.74, 6) is -1.02. The van der Waals surface area contributed by atoms with Crippen LogP contribution in [0.4, 0.5) is 10.5 Å². The lowest BCUT2D eigenvalue weighted by Crippen LogP contribution is -2.41. The van der Waals surface area contributed by atoms with Crippen LogP contribution in [0.15, 0.2) is 69.7 Å². The molecule has 4 N–H and O–H groups in total. The van der Waals surface area contributed by atoms with Crippen LogP contribution in [0, 0.1) is 11.3 Å². The predicted molar refractivity (Wildman–Crippen MR) is 109 cm³/mol. The average Bonchev–Trinajstić information content (AvgIpc) is 2.99. The van der Waals surface area contributed by atoms with Gasteiger partial charge < -0.3 is 11.1 Å². The van der Waals surface area contributed by atoms with Crippen molar-refractivity contribution in [2.24, 2.45) is 5.73 Å². The zero-order chi connectivity index (χ0) is 19.4. The molecule has 3 amide bonds. The average molecular weight is 443 g/mol. The highest BCUT2D eigenvalue weighted by atomic mass is 79.9. The van der Waals surface area contributed by atoms with Crippen LogP contribution in [0.1, 0.15) is 11.5 Å². The van der Waals surface area contributed by atoms with Crippen LogP contribution in [0.3, 0.4) is 0 Å². The molecule has 0 aromatic heterocycles. The number of allylic oxidation sites excluding steroid dienone is 1. The molecule has 1 heterocycles. The lowest BCUT2D eigenvalue weighted by atomic mass is 9.89. The Kier molecular flexibility index (Phi) is 5.84. The Balaban J connectivity index is 1.77. The third kappa shape index (κ3) is 4.32. The molecule has 2 aromatic rings. The van der Waals surface area contributed by atoms with Gasteiger partial charge in [-0.1, -0.05) is 58.0 Å². The first-order valence-corrected chi connectivity index (χ1v) is 9.65. The number of amides is 3. The summed E-state index contributed by atoms with van der Waals surface area (Å²) in [5.41, 5.74) is 7.65. The zero-order valence-corrected chi connectivity index (χ0v) is 16.4. The van der Waals surface area contributed by atoms with Crippen molar-refractivity contribution in [3.05, 3.63) is 75.2 Å². The normalized spacial score (nSPS) is 18.7. The van der Waals surface area contributed by atoms with E-state index in [1.807, 2.05) is 30.3 Å². The fraction of sp³-hybridized carbons (Fsp3) is 0.105. The Labute approximate surface area is 168 Å².